The summed E-state index contributed by atoms with van der Waals surface area (Å²) in [5.41, 5.74) is 0. The predicted molar refractivity (Wildman–Crippen MR) is 68.5 cm³/mol. The zero-order chi connectivity index (χ0) is 11.4. The molecule has 14 heavy (non-hydrogen) atoms. The molecule has 0 atom stereocenters. The molecule has 0 aromatic heterocycles. The highest BCUT2D eigenvalue weighted by atomic mass is 14.2. The minimum atomic E-state index is 1.02. The van der Waals surface area contributed by atoms with Crippen molar-refractivity contribution >= 4 is 0 Å². The van der Waals surface area contributed by atoms with Crippen LogP contribution in [0.1, 0.15) is 53.4 Å². The van der Waals surface area contributed by atoms with Crippen LogP contribution in [0, 0.1) is 11.8 Å². The Hall–Kier alpha value is -0.520. The summed E-state index contributed by atoms with van der Waals surface area (Å²) in [5.74, 6) is 2.04. The Morgan fingerprint density at radius 1 is 0.786 bits per heavy atom. The summed E-state index contributed by atoms with van der Waals surface area (Å²) in [4.78, 5) is 0. The molecule has 0 saturated heterocycles. The van der Waals surface area contributed by atoms with Crippen LogP contribution in [0.5, 0.6) is 0 Å². The van der Waals surface area contributed by atoms with Crippen LogP contribution in [-0.4, -0.2) is 0 Å². The summed E-state index contributed by atoms with van der Waals surface area (Å²) in [5, 5.41) is 0. The van der Waals surface area contributed by atoms with Gasteiger partial charge >= 0.3 is 0 Å². The lowest BCUT2D eigenvalue weighted by Gasteiger charge is -2.22. The maximum absolute atomic E-state index is 3.36. The third-order valence-corrected chi connectivity index (χ3v) is 2.30. The highest BCUT2D eigenvalue weighted by Crippen LogP contribution is 2.27. The van der Waals surface area contributed by atoms with E-state index in [0.717, 1.165) is 11.8 Å². The largest absolute Gasteiger partial charge is 0.103 e. The van der Waals surface area contributed by atoms with Gasteiger partial charge in [-0.25, -0.2) is 0 Å². The Labute approximate surface area is 91.1 Å². The monoisotopic (exact) mass is 196 g/mol. The topological polar surface area (TPSA) is 0 Å². The molecule has 0 aromatic rings. The van der Waals surface area contributed by atoms with Crippen molar-refractivity contribution in [2.45, 2.75) is 53.4 Å². The quantitative estimate of drug-likeness (QED) is 0.466. The van der Waals surface area contributed by atoms with Crippen LogP contribution in [0.4, 0.5) is 0 Å². The maximum Gasteiger partial charge on any atom is -0.0443 e. The predicted octanol–water partition coefficient (Wildman–Crippen LogP) is 5.22. The summed E-state index contributed by atoms with van der Waals surface area (Å²) in [6, 6.07) is 0. The van der Waals surface area contributed by atoms with Gasteiger partial charge in [-0.15, -0.1) is 13.2 Å². The zero-order valence-corrected chi connectivity index (χ0v) is 10.6. The molecule has 1 fully saturated rings. The molecule has 0 aliphatic heterocycles. The smallest absolute Gasteiger partial charge is 0.0443 e. The molecule has 1 rings (SSSR count). The molecule has 0 heteroatoms. The molecule has 1 saturated carbocycles. The van der Waals surface area contributed by atoms with E-state index in [2.05, 4.69) is 27.0 Å². The molecule has 0 aromatic carbocycles. The average Bonchev–Trinajstić information content (AvgIpc) is 2.13. The van der Waals surface area contributed by atoms with Gasteiger partial charge in [-0.3, -0.25) is 0 Å². The normalized spacial score (nSPS) is 24.6. The first-order valence-corrected chi connectivity index (χ1v) is 5.76. The first-order chi connectivity index (χ1) is 6.62. The molecular formula is C14H28. The Morgan fingerprint density at radius 3 is 1.07 bits per heavy atom. The molecule has 1 aliphatic carbocycles. The van der Waals surface area contributed by atoms with Crippen molar-refractivity contribution in [3.63, 3.8) is 0 Å². The van der Waals surface area contributed by atoms with Gasteiger partial charge in [-0.2, -0.15) is 0 Å². The minimum absolute atomic E-state index is 1.02. The van der Waals surface area contributed by atoms with Crippen molar-refractivity contribution in [2.24, 2.45) is 11.8 Å². The standard InChI is InChI=1S/C8H16.2C3H6/c1-7-3-5-8(2)6-4-7;2*1-3-2/h7-8H,3-6H2,1-2H3;2*3H,1H2,2H3. The Bertz CT molecular complexity index is 100. The number of hydrogen-bond acceptors (Lipinski definition) is 0. The molecule has 1 aliphatic rings. The summed E-state index contributed by atoms with van der Waals surface area (Å²) in [6.45, 7) is 15.2. The van der Waals surface area contributed by atoms with Gasteiger partial charge in [-0.1, -0.05) is 51.7 Å². The lowest BCUT2D eigenvalue weighted by molar-refractivity contribution is 0.308. The third-order valence-electron chi connectivity index (χ3n) is 2.30. The van der Waals surface area contributed by atoms with E-state index in [1.807, 2.05) is 13.8 Å². The van der Waals surface area contributed by atoms with Gasteiger partial charge < -0.3 is 0 Å². The number of hydrogen-bond donors (Lipinski definition) is 0. The van der Waals surface area contributed by atoms with Gasteiger partial charge in [0, 0.05) is 0 Å². The van der Waals surface area contributed by atoms with Crippen molar-refractivity contribution in [1.82, 2.24) is 0 Å². The second-order valence-electron chi connectivity index (χ2n) is 4.18. The average molecular weight is 196 g/mol. The van der Waals surface area contributed by atoms with E-state index in [4.69, 9.17) is 0 Å². The van der Waals surface area contributed by atoms with Crippen LogP contribution in [0.3, 0.4) is 0 Å². The fraction of sp³-hybridized carbons (Fsp3) is 0.714. The highest BCUT2D eigenvalue weighted by molar-refractivity contribution is 4.65. The second kappa shape index (κ2) is 12.5. The SMILES string of the molecule is C=CC.C=CC.CC1CCC(C)CC1. The van der Waals surface area contributed by atoms with Gasteiger partial charge in [0.1, 0.15) is 0 Å². The van der Waals surface area contributed by atoms with Crippen molar-refractivity contribution in [3.8, 4) is 0 Å². The zero-order valence-electron chi connectivity index (χ0n) is 10.6. The highest BCUT2D eigenvalue weighted by Gasteiger charge is 2.13. The molecule has 0 radical (unpaired) electrons. The van der Waals surface area contributed by atoms with Gasteiger partial charge in [0.15, 0.2) is 0 Å². The Morgan fingerprint density at radius 2 is 0.929 bits per heavy atom. The van der Waals surface area contributed by atoms with Crippen molar-refractivity contribution in [3.05, 3.63) is 25.3 Å². The fourth-order valence-corrected chi connectivity index (χ4v) is 1.43. The van der Waals surface area contributed by atoms with Crippen molar-refractivity contribution in [2.75, 3.05) is 0 Å². The third kappa shape index (κ3) is 14.0. The van der Waals surface area contributed by atoms with Crippen LogP contribution in [-0.2, 0) is 0 Å². The molecule has 0 spiro atoms. The summed E-state index contributed by atoms with van der Waals surface area (Å²) < 4.78 is 0. The van der Waals surface area contributed by atoms with Gasteiger partial charge in [0.05, 0.1) is 0 Å². The van der Waals surface area contributed by atoms with Crippen molar-refractivity contribution in [1.29, 1.82) is 0 Å². The molecule has 0 amide bonds. The Kier molecular flexibility index (Phi) is 14.2. The lowest BCUT2D eigenvalue weighted by Crippen LogP contribution is -2.08. The fourth-order valence-electron chi connectivity index (χ4n) is 1.43. The van der Waals surface area contributed by atoms with Crippen LogP contribution in [0.2, 0.25) is 0 Å². The summed E-state index contributed by atoms with van der Waals surface area (Å²) >= 11 is 0. The van der Waals surface area contributed by atoms with Gasteiger partial charge in [0.2, 0.25) is 0 Å². The molecule has 0 N–H and O–H groups in total. The summed E-state index contributed by atoms with van der Waals surface area (Å²) in [6.07, 6.45) is 9.39. The van der Waals surface area contributed by atoms with E-state index in [0.29, 0.717) is 0 Å². The molecule has 0 nitrogen and oxygen atoms in total. The van der Waals surface area contributed by atoms with Crippen LogP contribution in [0.25, 0.3) is 0 Å². The molecular weight excluding hydrogens is 168 g/mol. The minimum Gasteiger partial charge on any atom is -0.103 e. The molecule has 0 unspecified atom stereocenters. The van der Waals surface area contributed by atoms with Gasteiger partial charge in [-0.05, 0) is 25.7 Å². The van der Waals surface area contributed by atoms with E-state index in [1.54, 1.807) is 12.2 Å². The van der Waals surface area contributed by atoms with E-state index >= 15 is 0 Å². The van der Waals surface area contributed by atoms with E-state index < -0.39 is 0 Å². The van der Waals surface area contributed by atoms with E-state index in [-0.39, 0.29) is 0 Å². The first-order valence-electron chi connectivity index (χ1n) is 5.76. The molecule has 84 valence electrons. The van der Waals surface area contributed by atoms with Crippen LogP contribution >= 0.6 is 0 Å². The molecule has 0 bridgehead atoms. The lowest BCUT2D eigenvalue weighted by atomic mass is 9.84. The van der Waals surface area contributed by atoms with Crippen molar-refractivity contribution < 1.29 is 0 Å². The summed E-state index contributed by atoms with van der Waals surface area (Å²) in [7, 11) is 0. The molecule has 0 heterocycles. The maximum atomic E-state index is 3.36. The van der Waals surface area contributed by atoms with Gasteiger partial charge in [0.25, 0.3) is 0 Å². The second-order valence-corrected chi connectivity index (χ2v) is 4.18. The Balaban J connectivity index is 0. The van der Waals surface area contributed by atoms with E-state index in [1.165, 1.54) is 25.7 Å². The van der Waals surface area contributed by atoms with E-state index in [9.17, 15) is 0 Å². The first kappa shape index (κ1) is 15.9. The number of rotatable bonds is 0. The van der Waals surface area contributed by atoms with Crippen LogP contribution < -0.4 is 0 Å². The number of allylic oxidation sites excluding steroid dienone is 2. The van der Waals surface area contributed by atoms with Crippen LogP contribution in [0.15, 0.2) is 25.3 Å².